The molecule has 0 unspecified atom stereocenters. The standard InChI is InChI=1S/C25H29FN4O4/c1-15(2)11-17(13-23(27)31)28-25(32)19-14-20(24-21(33-3)9-6-10-22(24)34-4)30(29-19)18-8-5-7-16(26)12-18/h5-10,12,14-15,17H,11,13H2,1-4H3,(H2,27,31)(H,28,32)/t17-/m0/s1. The first-order valence-corrected chi connectivity index (χ1v) is 10.9. The molecule has 2 amide bonds. The van der Waals surface area contributed by atoms with E-state index in [9.17, 15) is 14.0 Å². The molecule has 0 spiro atoms. The first kappa shape index (κ1) is 24.8. The number of rotatable bonds is 10. The quantitative estimate of drug-likeness (QED) is 0.472. The number of methoxy groups -OCH3 is 2. The second kappa shape index (κ2) is 10.8. The van der Waals surface area contributed by atoms with E-state index >= 15 is 0 Å². The molecule has 3 aromatic rings. The van der Waals surface area contributed by atoms with Crippen LogP contribution in [0.4, 0.5) is 4.39 Å². The van der Waals surface area contributed by atoms with Gasteiger partial charge in [0.05, 0.1) is 31.2 Å². The minimum Gasteiger partial charge on any atom is -0.496 e. The normalized spacial score (nSPS) is 11.8. The molecular weight excluding hydrogens is 439 g/mol. The van der Waals surface area contributed by atoms with Gasteiger partial charge in [0.1, 0.15) is 17.3 Å². The van der Waals surface area contributed by atoms with Gasteiger partial charge in [0.25, 0.3) is 5.91 Å². The van der Waals surface area contributed by atoms with E-state index in [0.29, 0.717) is 34.9 Å². The van der Waals surface area contributed by atoms with Crippen molar-refractivity contribution in [3.8, 4) is 28.4 Å². The second-order valence-electron chi connectivity index (χ2n) is 8.31. The van der Waals surface area contributed by atoms with Gasteiger partial charge in [-0.1, -0.05) is 26.0 Å². The van der Waals surface area contributed by atoms with E-state index in [1.54, 1.807) is 36.4 Å². The lowest BCUT2D eigenvalue weighted by Gasteiger charge is -2.18. The maximum atomic E-state index is 14.0. The van der Waals surface area contributed by atoms with E-state index in [1.165, 1.54) is 31.0 Å². The largest absolute Gasteiger partial charge is 0.496 e. The zero-order chi connectivity index (χ0) is 24.8. The number of hydrogen-bond acceptors (Lipinski definition) is 5. The Labute approximate surface area is 197 Å². The molecule has 3 rings (SSSR count). The van der Waals surface area contributed by atoms with Crippen molar-refractivity contribution in [3.05, 3.63) is 60.0 Å². The van der Waals surface area contributed by atoms with E-state index in [-0.39, 0.29) is 18.0 Å². The molecule has 0 aliphatic carbocycles. The Bertz CT molecular complexity index is 1150. The van der Waals surface area contributed by atoms with Crippen LogP contribution in [0.25, 0.3) is 16.9 Å². The summed E-state index contributed by atoms with van der Waals surface area (Å²) in [5, 5.41) is 7.33. The van der Waals surface area contributed by atoms with Crippen LogP contribution in [0, 0.1) is 11.7 Å². The fourth-order valence-electron chi connectivity index (χ4n) is 3.84. The minimum absolute atomic E-state index is 0.0156. The summed E-state index contributed by atoms with van der Waals surface area (Å²) in [6.07, 6.45) is 0.591. The number of carbonyl (C=O) groups is 2. The Balaban J connectivity index is 2.12. The van der Waals surface area contributed by atoms with Crippen LogP contribution in [0.5, 0.6) is 11.5 Å². The Hall–Kier alpha value is -3.88. The topological polar surface area (TPSA) is 108 Å². The number of aromatic nitrogens is 2. The van der Waals surface area contributed by atoms with Crippen LogP contribution in [0.2, 0.25) is 0 Å². The van der Waals surface area contributed by atoms with Gasteiger partial charge in [-0.25, -0.2) is 9.07 Å². The second-order valence-corrected chi connectivity index (χ2v) is 8.31. The minimum atomic E-state index is -0.504. The Morgan fingerprint density at radius 2 is 1.74 bits per heavy atom. The van der Waals surface area contributed by atoms with Crippen LogP contribution in [-0.4, -0.2) is 41.9 Å². The number of amides is 2. The van der Waals surface area contributed by atoms with Gasteiger partial charge in [-0.2, -0.15) is 5.10 Å². The van der Waals surface area contributed by atoms with E-state index in [1.807, 2.05) is 13.8 Å². The van der Waals surface area contributed by atoms with Gasteiger partial charge in [-0.15, -0.1) is 0 Å². The van der Waals surface area contributed by atoms with Gasteiger partial charge in [-0.05, 0) is 48.7 Å². The van der Waals surface area contributed by atoms with Crippen molar-refractivity contribution in [1.82, 2.24) is 15.1 Å². The van der Waals surface area contributed by atoms with Gasteiger partial charge >= 0.3 is 0 Å². The first-order valence-electron chi connectivity index (χ1n) is 10.9. The number of benzene rings is 2. The summed E-state index contributed by atoms with van der Waals surface area (Å²) in [6, 6.07) is 12.3. The summed E-state index contributed by atoms with van der Waals surface area (Å²) < 4.78 is 26.6. The van der Waals surface area contributed by atoms with Crippen LogP contribution in [0.15, 0.2) is 48.5 Å². The summed E-state index contributed by atoms with van der Waals surface area (Å²) in [7, 11) is 3.05. The molecule has 2 aromatic carbocycles. The maximum absolute atomic E-state index is 14.0. The summed E-state index contributed by atoms with van der Waals surface area (Å²) in [5.41, 5.74) is 6.90. The molecule has 180 valence electrons. The molecule has 3 N–H and O–H groups in total. The number of nitrogens with zero attached hydrogens (tertiary/aromatic N) is 2. The first-order chi connectivity index (χ1) is 16.2. The SMILES string of the molecule is COc1cccc(OC)c1-c1cc(C(=O)N[C@H](CC(N)=O)CC(C)C)nn1-c1cccc(F)c1. The highest BCUT2D eigenvalue weighted by Gasteiger charge is 2.24. The third kappa shape index (κ3) is 5.72. The van der Waals surface area contributed by atoms with Gasteiger partial charge < -0.3 is 20.5 Å². The zero-order valence-electron chi connectivity index (χ0n) is 19.7. The Kier molecular flexibility index (Phi) is 7.88. The van der Waals surface area contributed by atoms with Gasteiger partial charge in [-0.3, -0.25) is 9.59 Å². The van der Waals surface area contributed by atoms with Crippen molar-refractivity contribution < 1.29 is 23.5 Å². The zero-order valence-corrected chi connectivity index (χ0v) is 19.7. The van der Waals surface area contributed by atoms with E-state index in [4.69, 9.17) is 15.2 Å². The average molecular weight is 469 g/mol. The third-order valence-corrected chi connectivity index (χ3v) is 5.22. The monoisotopic (exact) mass is 468 g/mol. The van der Waals surface area contributed by atoms with Gasteiger partial charge in [0, 0.05) is 12.5 Å². The summed E-state index contributed by atoms with van der Waals surface area (Å²) in [4.78, 5) is 24.6. The summed E-state index contributed by atoms with van der Waals surface area (Å²) >= 11 is 0. The molecule has 0 bridgehead atoms. The van der Waals surface area contributed by atoms with Crippen molar-refractivity contribution >= 4 is 11.8 Å². The Morgan fingerprint density at radius 1 is 1.09 bits per heavy atom. The number of ether oxygens (including phenoxy) is 2. The summed E-state index contributed by atoms with van der Waals surface area (Å²) in [6.45, 7) is 3.98. The number of nitrogens with one attached hydrogen (secondary N) is 1. The van der Waals surface area contributed by atoms with Crippen LogP contribution in [-0.2, 0) is 4.79 Å². The average Bonchev–Trinajstić information content (AvgIpc) is 3.22. The molecule has 0 radical (unpaired) electrons. The van der Waals surface area contributed by atoms with Crippen molar-refractivity contribution in [2.45, 2.75) is 32.7 Å². The fourth-order valence-corrected chi connectivity index (χ4v) is 3.84. The predicted octanol–water partition coefficient (Wildman–Crippen LogP) is 3.72. The Morgan fingerprint density at radius 3 is 2.29 bits per heavy atom. The number of carbonyl (C=O) groups excluding carboxylic acids is 2. The smallest absolute Gasteiger partial charge is 0.272 e. The van der Waals surface area contributed by atoms with Gasteiger partial charge in [0.15, 0.2) is 5.69 Å². The summed E-state index contributed by atoms with van der Waals surface area (Å²) in [5.74, 6) is -0.197. The van der Waals surface area contributed by atoms with E-state index in [2.05, 4.69) is 10.4 Å². The molecule has 1 atom stereocenters. The number of hydrogen-bond donors (Lipinski definition) is 2. The molecule has 1 heterocycles. The molecule has 9 heteroatoms. The van der Waals surface area contributed by atoms with Gasteiger partial charge in [0.2, 0.25) is 5.91 Å². The van der Waals surface area contributed by atoms with E-state index < -0.39 is 23.7 Å². The molecule has 0 aliphatic rings. The third-order valence-electron chi connectivity index (χ3n) is 5.22. The van der Waals surface area contributed by atoms with Crippen LogP contribution >= 0.6 is 0 Å². The highest BCUT2D eigenvalue weighted by Crippen LogP contribution is 2.39. The predicted molar refractivity (Wildman–Crippen MR) is 127 cm³/mol. The number of nitrogens with two attached hydrogens (primary N) is 1. The van der Waals surface area contributed by atoms with Crippen molar-refractivity contribution in [2.24, 2.45) is 11.7 Å². The van der Waals surface area contributed by atoms with Crippen LogP contribution in [0.1, 0.15) is 37.2 Å². The van der Waals surface area contributed by atoms with Crippen LogP contribution < -0.4 is 20.5 Å². The molecule has 0 fully saturated rings. The molecule has 34 heavy (non-hydrogen) atoms. The van der Waals surface area contributed by atoms with Crippen molar-refractivity contribution in [1.29, 1.82) is 0 Å². The van der Waals surface area contributed by atoms with Crippen LogP contribution in [0.3, 0.4) is 0 Å². The maximum Gasteiger partial charge on any atom is 0.272 e. The highest BCUT2D eigenvalue weighted by molar-refractivity contribution is 5.94. The molecule has 0 saturated heterocycles. The molecular formula is C25H29FN4O4. The lowest BCUT2D eigenvalue weighted by atomic mass is 10.0. The number of halogens is 1. The lowest BCUT2D eigenvalue weighted by Crippen LogP contribution is -2.39. The van der Waals surface area contributed by atoms with E-state index in [0.717, 1.165) is 0 Å². The molecule has 8 nitrogen and oxygen atoms in total. The van der Waals surface area contributed by atoms with Crippen molar-refractivity contribution in [2.75, 3.05) is 14.2 Å². The molecule has 0 aliphatic heterocycles. The van der Waals surface area contributed by atoms with Crippen molar-refractivity contribution in [3.63, 3.8) is 0 Å². The molecule has 0 saturated carbocycles. The highest BCUT2D eigenvalue weighted by atomic mass is 19.1. The fraction of sp³-hybridized carbons (Fsp3) is 0.320. The molecule has 1 aromatic heterocycles. The number of primary amides is 1. The lowest BCUT2D eigenvalue weighted by molar-refractivity contribution is -0.118.